The second kappa shape index (κ2) is 10.9. The number of likely N-dealkylation sites (N-methyl/N-ethyl adjacent to an activating group) is 1. The Balaban J connectivity index is 1.85. The summed E-state index contributed by atoms with van der Waals surface area (Å²) >= 11 is 7.50. The number of benzene rings is 2. The fraction of sp³-hybridized carbons (Fsp3) is 0.375. The molecule has 0 amide bonds. The fourth-order valence-electron chi connectivity index (χ4n) is 3.55. The van der Waals surface area contributed by atoms with Crippen LogP contribution in [-0.2, 0) is 6.18 Å². The van der Waals surface area contributed by atoms with Gasteiger partial charge in [-0.3, -0.25) is 0 Å². The number of unbranched alkanes of at least 4 members (excludes halogenated alkanes) is 1. The van der Waals surface area contributed by atoms with Crippen molar-refractivity contribution in [1.82, 2.24) is 4.98 Å². The normalized spacial score (nSPS) is 12.2. The van der Waals surface area contributed by atoms with Gasteiger partial charge in [-0.2, -0.15) is 13.2 Å². The van der Waals surface area contributed by atoms with E-state index in [1.807, 2.05) is 28.5 Å². The van der Waals surface area contributed by atoms with E-state index >= 15 is 0 Å². The average molecular weight is 499 g/mol. The molecule has 0 unspecified atom stereocenters. The Hall–Kier alpha value is -2.13. The van der Waals surface area contributed by atoms with Gasteiger partial charge in [-0.15, -0.1) is 11.3 Å². The van der Waals surface area contributed by atoms with Gasteiger partial charge in [-0.1, -0.05) is 29.8 Å². The number of hydrogen-bond acceptors (Lipinski definition) is 4. The van der Waals surface area contributed by atoms with E-state index in [2.05, 4.69) is 14.1 Å². The molecule has 4 nitrogen and oxygen atoms in total. The van der Waals surface area contributed by atoms with Gasteiger partial charge in [-0.25, -0.2) is 4.98 Å². The van der Waals surface area contributed by atoms with E-state index in [0.717, 1.165) is 36.7 Å². The van der Waals surface area contributed by atoms with Crippen LogP contribution in [0.1, 0.15) is 18.4 Å². The first-order valence-corrected chi connectivity index (χ1v) is 11.9. The van der Waals surface area contributed by atoms with Crippen molar-refractivity contribution < 1.29 is 22.8 Å². The number of aromatic nitrogens is 1. The van der Waals surface area contributed by atoms with Crippen LogP contribution in [0.25, 0.3) is 11.3 Å². The minimum Gasteiger partial charge on any atom is -0.391 e. The lowest BCUT2D eigenvalue weighted by atomic mass is 10.1. The largest absolute Gasteiger partial charge is 0.416 e. The number of halogens is 4. The molecule has 0 aliphatic heterocycles. The van der Waals surface area contributed by atoms with Gasteiger partial charge in [0.25, 0.3) is 0 Å². The molecule has 1 N–H and O–H groups in total. The number of alkyl halides is 3. The number of aliphatic hydroxyl groups is 1. The predicted octanol–water partition coefficient (Wildman–Crippen LogP) is 6.47. The molecule has 0 saturated carbocycles. The summed E-state index contributed by atoms with van der Waals surface area (Å²) in [5.74, 6) is 0. The SMILES string of the molecule is C[N+](C)(CCO)CCCCN(c1cccc(C(F)(F)F)c1)c1nc(-c2cccc(Cl)c2)cs1. The van der Waals surface area contributed by atoms with Crippen LogP contribution in [0.3, 0.4) is 0 Å². The lowest BCUT2D eigenvalue weighted by molar-refractivity contribution is -0.890. The van der Waals surface area contributed by atoms with E-state index in [-0.39, 0.29) is 6.61 Å². The molecule has 0 aliphatic carbocycles. The van der Waals surface area contributed by atoms with Gasteiger partial charge >= 0.3 is 6.18 Å². The maximum atomic E-state index is 13.3. The van der Waals surface area contributed by atoms with Gasteiger partial charge in [0.15, 0.2) is 5.13 Å². The zero-order valence-corrected chi connectivity index (χ0v) is 20.2. The maximum absolute atomic E-state index is 13.3. The van der Waals surface area contributed by atoms with Crippen LogP contribution in [0.4, 0.5) is 24.0 Å². The molecule has 0 aliphatic rings. The molecule has 0 bridgehead atoms. The number of nitrogens with zero attached hydrogens (tertiary/aromatic N) is 3. The van der Waals surface area contributed by atoms with Gasteiger partial charge in [0.1, 0.15) is 6.54 Å². The molecule has 178 valence electrons. The van der Waals surface area contributed by atoms with E-state index in [1.54, 1.807) is 12.1 Å². The first-order chi connectivity index (χ1) is 15.6. The van der Waals surface area contributed by atoms with E-state index in [0.29, 0.717) is 33.4 Å². The zero-order chi connectivity index (χ0) is 24.1. The molecule has 0 radical (unpaired) electrons. The van der Waals surface area contributed by atoms with Crippen LogP contribution in [0.5, 0.6) is 0 Å². The molecule has 2 aromatic carbocycles. The topological polar surface area (TPSA) is 36.4 Å². The van der Waals surface area contributed by atoms with Gasteiger partial charge in [0, 0.05) is 28.2 Å². The molecule has 9 heteroatoms. The molecule has 3 rings (SSSR count). The van der Waals surface area contributed by atoms with E-state index in [1.165, 1.54) is 23.5 Å². The summed E-state index contributed by atoms with van der Waals surface area (Å²) in [5, 5.41) is 12.3. The van der Waals surface area contributed by atoms with Crippen LogP contribution >= 0.6 is 22.9 Å². The lowest BCUT2D eigenvalue weighted by Gasteiger charge is -2.29. The Morgan fingerprint density at radius 1 is 1.06 bits per heavy atom. The Bertz CT molecular complexity index is 1060. The third-order valence-electron chi connectivity index (χ3n) is 5.43. The summed E-state index contributed by atoms with van der Waals surface area (Å²) in [4.78, 5) is 6.56. The highest BCUT2D eigenvalue weighted by atomic mass is 35.5. The minimum absolute atomic E-state index is 0.120. The standard InChI is InChI=1S/C24H28ClF3N3OS/c1-31(2,13-14-32)12-4-3-11-30(21-10-6-8-19(16-21)24(26,27)28)23-29-22(17-33-23)18-7-5-9-20(25)15-18/h5-10,15-17,32H,3-4,11-14H2,1-2H3/q+1. The van der Waals surface area contributed by atoms with Crippen molar-refractivity contribution in [3.05, 3.63) is 64.5 Å². The molecule has 0 fully saturated rings. The molecule has 1 aromatic heterocycles. The molecule has 0 atom stereocenters. The van der Waals surface area contributed by atoms with Gasteiger partial charge < -0.3 is 14.5 Å². The Morgan fingerprint density at radius 3 is 2.52 bits per heavy atom. The van der Waals surface area contributed by atoms with E-state index in [4.69, 9.17) is 16.6 Å². The molecule has 1 heterocycles. The van der Waals surface area contributed by atoms with Gasteiger partial charge in [0.05, 0.1) is 38.5 Å². The molecule has 33 heavy (non-hydrogen) atoms. The highest BCUT2D eigenvalue weighted by molar-refractivity contribution is 7.14. The molecular formula is C24H28ClF3N3OS+. The van der Waals surface area contributed by atoms with Crippen molar-refractivity contribution in [2.75, 3.05) is 45.2 Å². The number of quaternary nitrogens is 1. The minimum atomic E-state index is -4.41. The number of rotatable bonds is 10. The highest BCUT2D eigenvalue weighted by Crippen LogP contribution is 2.36. The first-order valence-electron chi connectivity index (χ1n) is 10.7. The molecule has 0 saturated heterocycles. The summed E-state index contributed by atoms with van der Waals surface area (Å²) in [7, 11) is 4.11. The molecule has 3 aromatic rings. The lowest BCUT2D eigenvalue weighted by Crippen LogP contribution is -2.42. The van der Waals surface area contributed by atoms with E-state index in [9.17, 15) is 18.3 Å². The van der Waals surface area contributed by atoms with Gasteiger partial charge in [0.2, 0.25) is 0 Å². The zero-order valence-electron chi connectivity index (χ0n) is 18.6. The van der Waals surface area contributed by atoms with E-state index < -0.39 is 11.7 Å². The fourth-order valence-corrected chi connectivity index (χ4v) is 4.62. The van der Waals surface area contributed by atoms with Crippen LogP contribution in [0, 0.1) is 0 Å². The van der Waals surface area contributed by atoms with Crippen LogP contribution in [0.15, 0.2) is 53.9 Å². The summed E-state index contributed by atoms with van der Waals surface area (Å²) < 4.78 is 40.7. The smallest absolute Gasteiger partial charge is 0.391 e. The summed E-state index contributed by atoms with van der Waals surface area (Å²) in [6.45, 7) is 2.17. The highest BCUT2D eigenvalue weighted by Gasteiger charge is 2.31. The Morgan fingerprint density at radius 2 is 1.82 bits per heavy atom. The van der Waals surface area contributed by atoms with Crippen molar-refractivity contribution in [3.63, 3.8) is 0 Å². The third-order valence-corrected chi connectivity index (χ3v) is 6.53. The number of hydrogen-bond donors (Lipinski definition) is 1. The van der Waals surface area contributed by atoms with Crippen molar-refractivity contribution >= 4 is 33.8 Å². The third kappa shape index (κ3) is 7.17. The first kappa shape index (κ1) is 25.5. The summed E-state index contributed by atoms with van der Waals surface area (Å²) in [5.41, 5.74) is 1.37. The number of anilines is 2. The Kier molecular flexibility index (Phi) is 8.39. The molecular weight excluding hydrogens is 471 g/mol. The number of thiazole rings is 1. The second-order valence-electron chi connectivity index (χ2n) is 8.54. The van der Waals surface area contributed by atoms with Crippen molar-refractivity contribution in [3.8, 4) is 11.3 Å². The predicted molar refractivity (Wildman–Crippen MR) is 129 cm³/mol. The number of aliphatic hydroxyl groups excluding tert-OH is 1. The summed E-state index contributed by atoms with van der Waals surface area (Å²) in [6, 6.07) is 12.7. The molecule has 0 spiro atoms. The van der Waals surface area contributed by atoms with Crippen molar-refractivity contribution in [2.45, 2.75) is 19.0 Å². The van der Waals surface area contributed by atoms with Crippen LogP contribution in [-0.4, -0.2) is 54.9 Å². The second-order valence-corrected chi connectivity index (χ2v) is 9.81. The van der Waals surface area contributed by atoms with Crippen LogP contribution < -0.4 is 4.90 Å². The average Bonchev–Trinajstić information content (AvgIpc) is 3.23. The summed E-state index contributed by atoms with van der Waals surface area (Å²) in [6.07, 6.45) is -2.77. The quantitative estimate of drug-likeness (QED) is 0.257. The van der Waals surface area contributed by atoms with Gasteiger partial charge in [-0.05, 0) is 43.2 Å². The maximum Gasteiger partial charge on any atom is 0.416 e. The Labute approximate surface area is 201 Å². The monoisotopic (exact) mass is 498 g/mol. The van der Waals surface area contributed by atoms with Crippen LogP contribution in [0.2, 0.25) is 5.02 Å². The van der Waals surface area contributed by atoms with Crippen molar-refractivity contribution in [2.24, 2.45) is 0 Å². The van der Waals surface area contributed by atoms with Crippen molar-refractivity contribution in [1.29, 1.82) is 0 Å².